The lowest BCUT2D eigenvalue weighted by Crippen LogP contribution is -2.42. The molecule has 4 heterocycles. The molecule has 26 heavy (non-hydrogen) atoms. The number of hydrogen-bond donors (Lipinski definition) is 0. The molecule has 5 nitrogen and oxygen atoms in total. The second-order valence-electron chi connectivity index (χ2n) is 7.59. The first-order valence-corrected chi connectivity index (χ1v) is 10.0. The standard InChI is InChI=1S/C20H24N4OS/c1-13-7-14(2)11-23(10-13)20(25)17-8-15(3)22-19-18(17)9-21-24(19)12-16-5-4-6-26-16/h4-6,8-9,13-14H,7,10-12H2,1-3H3. The van der Waals surface area contributed by atoms with E-state index in [0.717, 1.165) is 35.4 Å². The van der Waals surface area contributed by atoms with E-state index in [0.29, 0.717) is 18.4 Å². The van der Waals surface area contributed by atoms with Crippen molar-refractivity contribution in [1.29, 1.82) is 0 Å². The molecule has 4 rings (SSSR count). The summed E-state index contributed by atoms with van der Waals surface area (Å²) in [7, 11) is 0. The fourth-order valence-corrected chi connectivity index (χ4v) is 4.70. The molecule has 0 aromatic carbocycles. The van der Waals surface area contributed by atoms with Gasteiger partial charge in [0.2, 0.25) is 0 Å². The maximum atomic E-state index is 13.2. The first-order valence-electron chi connectivity index (χ1n) is 9.16. The van der Waals surface area contributed by atoms with Gasteiger partial charge in [-0.15, -0.1) is 11.3 Å². The van der Waals surface area contributed by atoms with E-state index in [9.17, 15) is 4.79 Å². The van der Waals surface area contributed by atoms with Crippen LogP contribution < -0.4 is 0 Å². The Balaban J connectivity index is 1.71. The summed E-state index contributed by atoms with van der Waals surface area (Å²) < 4.78 is 1.90. The zero-order valence-corrected chi connectivity index (χ0v) is 16.3. The maximum absolute atomic E-state index is 13.2. The van der Waals surface area contributed by atoms with E-state index in [2.05, 4.69) is 35.4 Å². The van der Waals surface area contributed by atoms with E-state index in [1.165, 1.54) is 11.3 Å². The van der Waals surface area contributed by atoms with Gasteiger partial charge in [0.25, 0.3) is 5.91 Å². The second kappa shape index (κ2) is 6.83. The van der Waals surface area contributed by atoms with Crippen LogP contribution in [0.1, 0.15) is 41.2 Å². The van der Waals surface area contributed by atoms with Crippen molar-refractivity contribution in [2.45, 2.75) is 33.7 Å². The Morgan fingerprint density at radius 3 is 2.77 bits per heavy atom. The molecule has 1 aliphatic heterocycles. The Bertz CT molecular complexity index is 921. The average molecular weight is 369 g/mol. The molecule has 3 aromatic rings. The van der Waals surface area contributed by atoms with Crippen molar-refractivity contribution >= 4 is 28.3 Å². The summed E-state index contributed by atoms with van der Waals surface area (Å²) in [6.07, 6.45) is 2.98. The SMILES string of the molecule is Cc1cc(C(=O)N2CC(C)CC(C)C2)c2cnn(Cc3cccs3)c2n1. The highest BCUT2D eigenvalue weighted by Gasteiger charge is 2.28. The third kappa shape index (κ3) is 3.26. The fraction of sp³-hybridized carbons (Fsp3) is 0.450. The first-order chi connectivity index (χ1) is 12.5. The van der Waals surface area contributed by atoms with Crippen molar-refractivity contribution in [3.05, 3.63) is 45.9 Å². The van der Waals surface area contributed by atoms with E-state index >= 15 is 0 Å². The van der Waals surface area contributed by atoms with Crippen LogP contribution in [0.4, 0.5) is 0 Å². The molecule has 0 bridgehead atoms. The third-order valence-corrected chi connectivity index (χ3v) is 5.87. The molecule has 1 aliphatic rings. The predicted octanol–water partition coefficient (Wildman–Crippen LogP) is 3.97. The highest BCUT2D eigenvalue weighted by molar-refractivity contribution is 7.09. The van der Waals surface area contributed by atoms with Gasteiger partial charge in [-0.3, -0.25) is 4.79 Å². The van der Waals surface area contributed by atoms with Crippen LogP contribution in [0.2, 0.25) is 0 Å². The molecule has 136 valence electrons. The number of likely N-dealkylation sites (tertiary alicyclic amines) is 1. The quantitative estimate of drug-likeness (QED) is 0.703. The van der Waals surface area contributed by atoms with E-state index in [-0.39, 0.29) is 5.91 Å². The van der Waals surface area contributed by atoms with Gasteiger partial charge in [-0.25, -0.2) is 9.67 Å². The molecule has 3 aromatic heterocycles. The zero-order chi connectivity index (χ0) is 18.3. The highest BCUT2D eigenvalue weighted by atomic mass is 32.1. The van der Waals surface area contributed by atoms with Gasteiger partial charge in [-0.05, 0) is 42.7 Å². The number of piperidine rings is 1. The smallest absolute Gasteiger partial charge is 0.254 e. The average Bonchev–Trinajstić information content (AvgIpc) is 3.23. The van der Waals surface area contributed by atoms with Gasteiger partial charge < -0.3 is 4.90 Å². The Labute approximate surface area is 157 Å². The van der Waals surface area contributed by atoms with E-state index < -0.39 is 0 Å². The topological polar surface area (TPSA) is 51.0 Å². The molecule has 2 unspecified atom stereocenters. The highest BCUT2D eigenvalue weighted by Crippen LogP contribution is 2.26. The number of amides is 1. The van der Waals surface area contributed by atoms with Crippen molar-refractivity contribution in [3.8, 4) is 0 Å². The van der Waals surface area contributed by atoms with E-state index in [1.54, 1.807) is 17.5 Å². The largest absolute Gasteiger partial charge is 0.338 e. The maximum Gasteiger partial charge on any atom is 0.254 e. The fourth-order valence-electron chi connectivity index (χ4n) is 4.01. The molecule has 0 aliphatic carbocycles. The normalized spacial score (nSPS) is 20.7. The van der Waals surface area contributed by atoms with Crippen LogP contribution in [-0.4, -0.2) is 38.7 Å². The van der Waals surface area contributed by atoms with Crippen LogP contribution in [0, 0.1) is 18.8 Å². The van der Waals surface area contributed by atoms with E-state index in [1.807, 2.05) is 28.6 Å². The van der Waals surface area contributed by atoms with Crippen molar-refractivity contribution in [1.82, 2.24) is 19.7 Å². The van der Waals surface area contributed by atoms with Crippen LogP contribution in [-0.2, 0) is 6.54 Å². The number of carbonyl (C=O) groups excluding carboxylic acids is 1. The lowest BCUT2D eigenvalue weighted by molar-refractivity contribution is 0.0625. The number of thiophene rings is 1. The van der Waals surface area contributed by atoms with Gasteiger partial charge in [-0.1, -0.05) is 19.9 Å². The monoisotopic (exact) mass is 368 g/mol. The molecular formula is C20H24N4OS. The Hall–Kier alpha value is -2.21. The molecule has 0 N–H and O–H groups in total. The number of fused-ring (bicyclic) bond motifs is 1. The van der Waals surface area contributed by atoms with Crippen molar-refractivity contribution in [3.63, 3.8) is 0 Å². The summed E-state index contributed by atoms with van der Waals surface area (Å²) in [5.74, 6) is 1.19. The minimum Gasteiger partial charge on any atom is -0.338 e. The van der Waals surface area contributed by atoms with Gasteiger partial charge in [-0.2, -0.15) is 5.10 Å². The van der Waals surface area contributed by atoms with Gasteiger partial charge in [0.05, 0.1) is 23.7 Å². The molecule has 1 saturated heterocycles. The lowest BCUT2D eigenvalue weighted by atomic mass is 9.91. The number of aryl methyl sites for hydroxylation is 1. The zero-order valence-electron chi connectivity index (χ0n) is 15.5. The number of pyridine rings is 1. The van der Waals surface area contributed by atoms with Gasteiger partial charge in [0.1, 0.15) is 0 Å². The van der Waals surface area contributed by atoms with Crippen LogP contribution in [0.15, 0.2) is 29.8 Å². The third-order valence-electron chi connectivity index (χ3n) is 5.01. The minimum atomic E-state index is 0.106. The Kier molecular flexibility index (Phi) is 4.53. The number of rotatable bonds is 3. The summed E-state index contributed by atoms with van der Waals surface area (Å²) in [6.45, 7) is 8.73. The van der Waals surface area contributed by atoms with Crippen molar-refractivity contribution in [2.24, 2.45) is 11.8 Å². The summed E-state index contributed by atoms with van der Waals surface area (Å²) >= 11 is 1.70. The van der Waals surface area contributed by atoms with E-state index in [4.69, 9.17) is 0 Å². The van der Waals surface area contributed by atoms with Gasteiger partial charge >= 0.3 is 0 Å². The predicted molar refractivity (Wildman–Crippen MR) is 105 cm³/mol. The van der Waals surface area contributed by atoms with Crippen molar-refractivity contribution in [2.75, 3.05) is 13.1 Å². The molecule has 0 radical (unpaired) electrons. The Morgan fingerprint density at radius 2 is 2.08 bits per heavy atom. The molecule has 0 spiro atoms. The number of aromatic nitrogens is 3. The van der Waals surface area contributed by atoms with Gasteiger partial charge in [0.15, 0.2) is 5.65 Å². The number of carbonyl (C=O) groups is 1. The summed E-state index contributed by atoms with van der Waals surface area (Å²) in [6, 6.07) is 6.04. The van der Waals surface area contributed by atoms with Crippen LogP contribution in [0.5, 0.6) is 0 Å². The second-order valence-corrected chi connectivity index (χ2v) is 8.62. The number of nitrogens with zero attached hydrogens (tertiary/aromatic N) is 4. The summed E-state index contributed by atoms with van der Waals surface area (Å²) in [4.78, 5) is 21.1. The Morgan fingerprint density at radius 1 is 1.31 bits per heavy atom. The van der Waals surface area contributed by atoms with Crippen molar-refractivity contribution < 1.29 is 4.79 Å². The van der Waals surface area contributed by atoms with Gasteiger partial charge in [0, 0.05) is 23.7 Å². The first kappa shape index (κ1) is 17.2. The van der Waals surface area contributed by atoms with Crippen LogP contribution >= 0.6 is 11.3 Å². The molecule has 1 amide bonds. The van der Waals surface area contributed by atoms with Crippen LogP contribution in [0.3, 0.4) is 0 Å². The molecule has 0 saturated carbocycles. The molecule has 1 fully saturated rings. The molecular weight excluding hydrogens is 344 g/mol. The lowest BCUT2D eigenvalue weighted by Gasteiger charge is -2.35. The number of hydrogen-bond acceptors (Lipinski definition) is 4. The minimum absolute atomic E-state index is 0.106. The summed E-state index contributed by atoms with van der Waals surface area (Å²) in [5, 5.41) is 7.43. The molecule has 6 heteroatoms. The summed E-state index contributed by atoms with van der Waals surface area (Å²) in [5.41, 5.74) is 2.37. The molecule has 2 atom stereocenters. The van der Waals surface area contributed by atoms with Crippen LogP contribution in [0.25, 0.3) is 11.0 Å².